The molecule has 1 saturated heterocycles. The van der Waals surface area contributed by atoms with Gasteiger partial charge in [0.1, 0.15) is 0 Å². The number of benzene rings is 1. The van der Waals surface area contributed by atoms with Gasteiger partial charge in [0.2, 0.25) is 15.9 Å². The predicted molar refractivity (Wildman–Crippen MR) is 108 cm³/mol. The Hall–Kier alpha value is -1.19. The van der Waals surface area contributed by atoms with Crippen LogP contribution in [-0.4, -0.2) is 45.9 Å². The molecule has 3 atom stereocenters. The summed E-state index contributed by atoms with van der Waals surface area (Å²) in [7, 11) is -3.45. The Bertz CT molecular complexity index is 666. The van der Waals surface area contributed by atoms with E-state index in [1.807, 2.05) is 30.3 Å². The average molecular weight is 420 g/mol. The SMILES string of the molecule is CC(C(=O)NCCS(=O)(=O)NCC1CCCCO1)C(N)c1ccccc1.Cl. The first-order chi connectivity index (χ1) is 12.4. The zero-order chi connectivity index (χ0) is 19.0. The molecule has 154 valence electrons. The molecule has 27 heavy (non-hydrogen) atoms. The Morgan fingerprint density at radius 1 is 1.30 bits per heavy atom. The molecule has 3 unspecified atom stereocenters. The van der Waals surface area contributed by atoms with E-state index in [1.165, 1.54) is 0 Å². The second-order valence-electron chi connectivity index (χ2n) is 6.67. The number of amides is 1. The lowest BCUT2D eigenvalue weighted by molar-refractivity contribution is -0.125. The van der Waals surface area contributed by atoms with Gasteiger partial charge >= 0.3 is 0 Å². The first kappa shape index (κ1) is 23.8. The average Bonchev–Trinajstić information content (AvgIpc) is 2.66. The van der Waals surface area contributed by atoms with Crippen LogP contribution in [0.15, 0.2) is 30.3 Å². The second kappa shape index (κ2) is 11.6. The van der Waals surface area contributed by atoms with Crippen molar-refractivity contribution >= 4 is 28.3 Å². The molecule has 2 rings (SSSR count). The van der Waals surface area contributed by atoms with Crippen LogP contribution in [0.2, 0.25) is 0 Å². The third-order valence-electron chi connectivity index (χ3n) is 4.61. The van der Waals surface area contributed by atoms with Crippen LogP contribution in [-0.2, 0) is 19.6 Å². The maximum absolute atomic E-state index is 12.2. The van der Waals surface area contributed by atoms with Crippen LogP contribution >= 0.6 is 12.4 Å². The van der Waals surface area contributed by atoms with Crippen molar-refractivity contribution in [3.8, 4) is 0 Å². The van der Waals surface area contributed by atoms with Gasteiger partial charge in [-0.05, 0) is 24.8 Å². The van der Waals surface area contributed by atoms with Gasteiger partial charge in [-0.2, -0.15) is 0 Å². The predicted octanol–water partition coefficient (Wildman–Crippen LogP) is 1.35. The summed E-state index contributed by atoms with van der Waals surface area (Å²) in [5.41, 5.74) is 6.99. The molecule has 1 amide bonds. The van der Waals surface area contributed by atoms with Gasteiger partial charge in [0.15, 0.2) is 0 Å². The highest BCUT2D eigenvalue weighted by Crippen LogP contribution is 2.18. The molecule has 1 aliphatic rings. The number of sulfonamides is 1. The molecule has 1 aliphatic heterocycles. The number of nitrogens with two attached hydrogens (primary N) is 1. The largest absolute Gasteiger partial charge is 0.377 e. The Morgan fingerprint density at radius 3 is 2.63 bits per heavy atom. The van der Waals surface area contributed by atoms with Crippen LogP contribution < -0.4 is 15.8 Å². The molecular weight excluding hydrogens is 390 g/mol. The summed E-state index contributed by atoms with van der Waals surface area (Å²) in [6.07, 6.45) is 2.89. The van der Waals surface area contributed by atoms with Crippen LogP contribution in [0.4, 0.5) is 0 Å². The Labute approximate surface area is 167 Å². The minimum atomic E-state index is -3.45. The molecule has 7 nitrogen and oxygen atoms in total. The topological polar surface area (TPSA) is 111 Å². The van der Waals surface area contributed by atoms with Gasteiger partial charge in [-0.3, -0.25) is 4.79 Å². The molecule has 0 aromatic heterocycles. The fourth-order valence-electron chi connectivity index (χ4n) is 2.86. The van der Waals surface area contributed by atoms with Crippen LogP contribution in [0.3, 0.4) is 0 Å². The zero-order valence-corrected chi connectivity index (χ0v) is 17.2. The molecular formula is C18H30ClN3O4S. The van der Waals surface area contributed by atoms with Crippen LogP contribution in [0.1, 0.15) is 37.8 Å². The van der Waals surface area contributed by atoms with Gasteiger partial charge in [-0.1, -0.05) is 37.3 Å². The first-order valence-electron chi connectivity index (χ1n) is 9.06. The molecule has 1 fully saturated rings. The number of hydrogen-bond acceptors (Lipinski definition) is 5. The number of rotatable bonds is 9. The van der Waals surface area contributed by atoms with Crippen LogP contribution in [0.5, 0.6) is 0 Å². The lowest BCUT2D eigenvalue weighted by Crippen LogP contribution is -2.41. The van der Waals surface area contributed by atoms with Gasteiger partial charge in [-0.25, -0.2) is 13.1 Å². The standard InChI is InChI=1S/C18H29N3O4S.ClH/c1-14(17(19)15-7-3-2-4-8-15)18(22)20-10-12-26(23,24)21-13-16-9-5-6-11-25-16;/h2-4,7-8,14,16-17,21H,5-6,9-13,19H2,1H3,(H,20,22);1H. The van der Waals surface area contributed by atoms with E-state index < -0.39 is 22.0 Å². The third kappa shape index (κ3) is 8.15. The molecule has 4 N–H and O–H groups in total. The first-order valence-corrected chi connectivity index (χ1v) is 10.7. The fraction of sp³-hybridized carbons (Fsp3) is 0.611. The molecule has 0 bridgehead atoms. The van der Waals surface area contributed by atoms with Crippen molar-refractivity contribution in [2.24, 2.45) is 11.7 Å². The minimum Gasteiger partial charge on any atom is -0.377 e. The minimum absolute atomic E-state index is 0. The van der Waals surface area contributed by atoms with Crippen molar-refractivity contribution in [3.05, 3.63) is 35.9 Å². The van der Waals surface area contributed by atoms with Crippen LogP contribution in [0.25, 0.3) is 0 Å². The highest BCUT2D eigenvalue weighted by atomic mass is 35.5. The van der Waals surface area contributed by atoms with Crippen LogP contribution in [0, 0.1) is 5.92 Å². The van der Waals surface area contributed by atoms with Crippen molar-refractivity contribution in [2.45, 2.75) is 38.3 Å². The summed E-state index contributed by atoms with van der Waals surface area (Å²) >= 11 is 0. The lowest BCUT2D eigenvalue weighted by Gasteiger charge is -2.23. The highest BCUT2D eigenvalue weighted by molar-refractivity contribution is 7.89. The zero-order valence-electron chi connectivity index (χ0n) is 15.6. The number of halogens is 1. The summed E-state index contributed by atoms with van der Waals surface area (Å²) < 4.78 is 32.1. The van der Waals surface area contributed by atoms with E-state index in [4.69, 9.17) is 10.5 Å². The van der Waals surface area contributed by atoms with E-state index in [0.717, 1.165) is 24.8 Å². The maximum atomic E-state index is 12.2. The van der Waals surface area contributed by atoms with E-state index in [0.29, 0.717) is 6.61 Å². The Balaban J connectivity index is 0.00000364. The van der Waals surface area contributed by atoms with Gasteiger partial charge in [0, 0.05) is 25.7 Å². The number of nitrogens with one attached hydrogen (secondary N) is 2. The van der Waals surface area contributed by atoms with Gasteiger partial charge in [0.25, 0.3) is 0 Å². The number of carbonyl (C=O) groups is 1. The van der Waals surface area contributed by atoms with Gasteiger partial charge < -0.3 is 15.8 Å². The molecule has 0 saturated carbocycles. The summed E-state index contributed by atoms with van der Waals surface area (Å²) in [6, 6.07) is 8.93. The normalized spacial score (nSPS) is 19.6. The number of hydrogen-bond donors (Lipinski definition) is 3. The van der Waals surface area contributed by atoms with E-state index in [9.17, 15) is 13.2 Å². The quantitative estimate of drug-likeness (QED) is 0.559. The van der Waals surface area contributed by atoms with Crippen molar-refractivity contribution in [2.75, 3.05) is 25.4 Å². The van der Waals surface area contributed by atoms with Crippen molar-refractivity contribution in [3.63, 3.8) is 0 Å². The van der Waals surface area contributed by atoms with E-state index in [2.05, 4.69) is 10.0 Å². The molecule has 9 heteroatoms. The lowest BCUT2D eigenvalue weighted by atomic mass is 9.95. The van der Waals surface area contributed by atoms with E-state index in [1.54, 1.807) is 6.92 Å². The van der Waals surface area contributed by atoms with Gasteiger partial charge in [-0.15, -0.1) is 12.4 Å². The maximum Gasteiger partial charge on any atom is 0.224 e. The Morgan fingerprint density at radius 2 is 2.00 bits per heavy atom. The number of carbonyl (C=O) groups excluding carboxylic acids is 1. The molecule has 0 aliphatic carbocycles. The Kier molecular flexibility index (Phi) is 10.3. The molecule has 0 spiro atoms. The third-order valence-corrected chi connectivity index (χ3v) is 5.96. The monoisotopic (exact) mass is 419 g/mol. The summed E-state index contributed by atoms with van der Waals surface area (Å²) in [5, 5.41) is 2.66. The molecule has 1 aromatic rings. The summed E-state index contributed by atoms with van der Waals surface area (Å²) in [4.78, 5) is 12.2. The van der Waals surface area contributed by atoms with E-state index >= 15 is 0 Å². The molecule has 0 radical (unpaired) electrons. The second-order valence-corrected chi connectivity index (χ2v) is 8.60. The fourth-order valence-corrected chi connectivity index (χ4v) is 3.81. The van der Waals surface area contributed by atoms with Gasteiger partial charge in [0.05, 0.1) is 17.8 Å². The van der Waals surface area contributed by atoms with Crippen molar-refractivity contribution < 1.29 is 17.9 Å². The van der Waals surface area contributed by atoms with E-state index in [-0.39, 0.29) is 43.3 Å². The molecule has 1 aromatic carbocycles. The number of ether oxygens (including phenoxy) is 1. The highest BCUT2D eigenvalue weighted by Gasteiger charge is 2.23. The molecule has 1 heterocycles. The van der Waals surface area contributed by atoms with Crippen molar-refractivity contribution in [1.29, 1.82) is 0 Å². The van der Waals surface area contributed by atoms with Crippen molar-refractivity contribution in [1.82, 2.24) is 10.0 Å². The smallest absolute Gasteiger partial charge is 0.224 e. The summed E-state index contributed by atoms with van der Waals surface area (Å²) in [5.74, 6) is -0.880. The summed E-state index contributed by atoms with van der Waals surface area (Å²) in [6.45, 7) is 2.75.